The Morgan fingerprint density at radius 1 is 1.05 bits per heavy atom. The Morgan fingerprint density at radius 3 is 2.45 bits per heavy atom. The topological polar surface area (TPSA) is 78.9 Å². The first-order valence-electron chi connectivity index (χ1n) is 12.8. The third-order valence-corrected chi connectivity index (χ3v) is 7.13. The number of benzene rings is 2. The number of nitrogens with zero attached hydrogens (tertiary/aromatic N) is 3. The Bertz CT molecular complexity index is 1450. The van der Waals surface area contributed by atoms with E-state index in [1.54, 1.807) is 6.07 Å². The van der Waals surface area contributed by atoms with Gasteiger partial charge in [-0.25, -0.2) is 4.98 Å². The molecule has 0 spiro atoms. The number of aryl methyl sites for hydroxylation is 1. The van der Waals surface area contributed by atoms with Gasteiger partial charge in [0.15, 0.2) is 9.04 Å². The molecule has 2 heterocycles. The van der Waals surface area contributed by atoms with Crippen molar-refractivity contribution in [2.24, 2.45) is 5.41 Å². The highest BCUT2D eigenvalue weighted by Crippen LogP contribution is 2.30. The highest BCUT2D eigenvalue weighted by Gasteiger charge is 2.27. The number of fused-ring (bicyclic) bond motifs is 1. The molecule has 8 heteroatoms. The van der Waals surface area contributed by atoms with E-state index in [0.717, 1.165) is 28.0 Å². The minimum Gasteiger partial charge on any atom is -0.490 e. The highest BCUT2D eigenvalue weighted by molar-refractivity contribution is 6.48. The largest absolute Gasteiger partial charge is 0.490 e. The predicted octanol–water partition coefficient (Wildman–Crippen LogP) is 7.18. The molecule has 4 rings (SSSR count). The Balaban J connectivity index is 1.54. The molecule has 0 radical (unpaired) electrons. The summed E-state index contributed by atoms with van der Waals surface area (Å²) < 4.78 is 14.4. The molecule has 0 aliphatic rings. The molecule has 1 unspecified atom stereocenters. The average molecular weight is 530 g/mol. The minimum absolute atomic E-state index is 0.00406. The zero-order chi connectivity index (χ0) is 27.4. The van der Waals surface area contributed by atoms with Crippen LogP contribution in [-0.4, -0.2) is 36.1 Å². The van der Waals surface area contributed by atoms with E-state index in [2.05, 4.69) is 53.1 Å². The van der Waals surface area contributed by atoms with Gasteiger partial charge in [0.25, 0.3) is 5.69 Å². The van der Waals surface area contributed by atoms with Gasteiger partial charge in [-0.1, -0.05) is 63.3 Å². The molecule has 0 aliphatic heterocycles. The Kier molecular flexibility index (Phi) is 8.13. The van der Waals surface area contributed by atoms with Gasteiger partial charge in [-0.15, -0.1) is 0 Å². The van der Waals surface area contributed by atoms with Crippen LogP contribution in [0.5, 0.6) is 5.75 Å². The van der Waals surface area contributed by atoms with Crippen LogP contribution in [0.4, 0.5) is 5.69 Å². The molecule has 198 valence electrons. The van der Waals surface area contributed by atoms with E-state index in [-0.39, 0.29) is 17.2 Å². The molecule has 2 aromatic heterocycles. The van der Waals surface area contributed by atoms with Gasteiger partial charge in [-0.3, -0.25) is 10.1 Å². The van der Waals surface area contributed by atoms with Gasteiger partial charge in [0.1, 0.15) is 18.0 Å². The van der Waals surface area contributed by atoms with Crippen LogP contribution in [-0.2, 0) is 4.43 Å². The van der Waals surface area contributed by atoms with Gasteiger partial charge in [-0.05, 0) is 48.7 Å². The zero-order valence-electron chi connectivity index (χ0n) is 22.8. The number of nitro benzene ring substituents is 1. The molecular formula is C30H35N3O4Si. The molecule has 0 saturated heterocycles. The molecule has 2 aromatic carbocycles. The van der Waals surface area contributed by atoms with Crippen LogP contribution in [0, 0.1) is 22.5 Å². The molecule has 38 heavy (non-hydrogen) atoms. The van der Waals surface area contributed by atoms with Crippen LogP contribution in [0.3, 0.4) is 0 Å². The summed E-state index contributed by atoms with van der Waals surface area (Å²) >= 11 is 0. The maximum atomic E-state index is 11.4. The Hall–Kier alpha value is -3.75. The van der Waals surface area contributed by atoms with Gasteiger partial charge in [0, 0.05) is 29.6 Å². The van der Waals surface area contributed by atoms with Crippen molar-refractivity contribution >= 4 is 32.5 Å². The van der Waals surface area contributed by atoms with E-state index in [4.69, 9.17) is 14.1 Å². The van der Waals surface area contributed by atoms with Crippen molar-refractivity contribution in [3.05, 3.63) is 93.8 Å². The number of ether oxygens (including phenoxy) is 1. The summed E-state index contributed by atoms with van der Waals surface area (Å²) in [6, 6.07) is 16.9. The fourth-order valence-electron chi connectivity index (χ4n) is 4.08. The van der Waals surface area contributed by atoms with Crippen LogP contribution < -0.4 is 4.74 Å². The lowest BCUT2D eigenvalue weighted by Crippen LogP contribution is -2.38. The summed E-state index contributed by atoms with van der Waals surface area (Å²) in [6.07, 6.45) is 7.88. The quantitative estimate of drug-likeness (QED) is 0.0993. The molecule has 4 aromatic rings. The fourth-order valence-corrected chi connectivity index (χ4v) is 5.22. The molecule has 7 nitrogen and oxygen atoms in total. The number of imidazole rings is 1. The van der Waals surface area contributed by atoms with Crippen molar-refractivity contribution in [2.75, 3.05) is 6.61 Å². The number of hydrogen-bond acceptors (Lipinski definition) is 5. The Morgan fingerprint density at radius 2 is 1.79 bits per heavy atom. The van der Waals surface area contributed by atoms with Crippen LogP contribution in [0.1, 0.15) is 37.5 Å². The first-order chi connectivity index (χ1) is 18.0. The van der Waals surface area contributed by atoms with Gasteiger partial charge in [0.2, 0.25) is 0 Å². The second-order valence-corrected chi connectivity index (χ2v) is 13.3. The molecule has 0 aliphatic carbocycles. The smallest absolute Gasteiger partial charge is 0.273 e. The highest BCUT2D eigenvalue weighted by atomic mass is 28.3. The molecule has 1 atom stereocenters. The first-order valence-corrected chi connectivity index (χ1v) is 15.6. The SMILES string of the molecule is Cc1ccc2nc(-c3ccc(C=Cc4ccc([N+](=O)[O-])cc4OCC(O[SiH](C)C)C(C)(C)C)cc3)cn2c1. The number of non-ortho nitro benzene ring substituents is 1. The van der Waals surface area contributed by atoms with Crippen LogP contribution in [0.15, 0.2) is 67.0 Å². The molecule has 0 amide bonds. The van der Waals surface area contributed by atoms with E-state index in [1.807, 2.05) is 53.1 Å². The summed E-state index contributed by atoms with van der Waals surface area (Å²) in [5, 5.41) is 11.4. The number of hydrogen-bond donors (Lipinski definition) is 0. The van der Waals surface area contributed by atoms with E-state index >= 15 is 0 Å². The van der Waals surface area contributed by atoms with Crippen molar-refractivity contribution in [1.82, 2.24) is 9.38 Å². The van der Waals surface area contributed by atoms with Crippen molar-refractivity contribution in [1.29, 1.82) is 0 Å². The predicted molar refractivity (Wildman–Crippen MR) is 156 cm³/mol. The van der Waals surface area contributed by atoms with E-state index in [9.17, 15) is 10.1 Å². The monoisotopic (exact) mass is 529 g/mol. The molecule has 0 saturated carbocycles. The lowest BCUT2D eigenvalue weighted by molar-refractivity contribution is -0.384. The van der Waals surface area contributed by atoms with Crippen LogP contribution in [0.2, 0.25) is 13.1 Å². The average Bonchev–Trinajstić information content (AvgIpc) is 3.28. The van der Waals surface area contributed by atoms with E-state index in [0.29, 0.717) is 12.4 Å². The maximum Gasteiger partial charge on any atom is 0.273 e. The summed E-state index contributed by atoms with van der Waals surface area (Å²) in [6.45, 7) is 13.0. The lowest BCUT2D eigenvalue weighted by atomic mass is 9.90. The van der Waals surface area contributed by atoms with Crippen LogP contribution in [0.25, 0.3) is 29.1 Å². The third kappa shape index (κ3) is 6.76. The summed E-state index contributed by atoms with van der Waals surface area (Å²) in [5.41, 5.74) is 5.69. The molecule has 0 bridgehead atoms. The van der Waals surface area contributed by atoms with Crippen molar-refractivity contribution in [3.8, 4) is 17.0 Å². The maximum absolute atomic E-state index is 11.4. The number of aromatic nitrogens is 2. The first kappa shape index (κ1) is 27.3. The summed E-state index contributed by atoms with van der Waals surface area (Å²) in [5.74, 6) is 0.468. The Labute approximate surface area is 225 Å². The van der Waals surface area contributed by atoms with Gasteiger partial charge in [-0.2, -0.15) is 0 Å². The molecular weight excluding hydrogens is 494 g/mol. The third-order valence-electron chi connectivity index (χ3n) is 6.26. The second-order valence-electron chi connectivity index (χ2n) is 10.9. The number of pyridine rings is 1. The normalized spacial score (nSPS) is 12.9. The number of nitro groups is 1. The van der Waals surface area contributed by atoms with Crippen molar-refractivity contribution < 1.29 is 14.1 Å². The summed E-state index contributed by atoms with van der Waals surface area (Å²) in [4.78, 5) is 15.7. The lowest BCUT2D eigenvalue weighted by Gasteiger charge is -2.32. The van der Waals surface area contributed by atoms with E-state index in [1.165, 1.54) is 17.7 Å². The zero-order valence-corrected chi connectivity index (χ0v) is 24.0. The minimum atomic E-state index is -1.29. The van der Waals surface area contributed by atoms with Gasteiger partial charge >= 0.3 is 0 Å². The van der Waals surface area contributed by atoms with Gasteiger partial charge in [0.05, 0.1) is 22.8 Å². The van der Waals surface area contributed by atoms with E-state index < -0.39 is 14.0 Å². The molecule has 0 fully saturated rings. The van der Waals surface area contributed by atoms with Crippen LogP contribution >= 0.6 is 0 Å². The fraction of sp³-hybridized carbons (Fsp3) is 0.300. The van der Waals surface area contributed by atoms with Crippen molar-refractivity contribution in [3.63, 3.8) is 0 Å². The summed E-state index contributed by atoms with van der Waals surface area (Å²) in [7, 11) is -1.29. The molecule has 0 N–H and O–H groups in total. The second kappa shape index (κ2) is 11.3. The van der Waals surface area contributed by atoms with Crippen molar-refractivity contribution in [2.45, 2.75) is 46.9 Å². The van der Waals surface area contributed by atoms with Gasteiger partial charge < -0.3 is 13.6 Å². The standard InChI is InChI=1S/C30H35N3O4Si/c1-21-7-16-29-31-26(19-32(29)18-21)23-11-8-22(9-12-23)10-13-24-14-15-25(33(34)35)17-27(24)36-20-28(30(2,3)4)37-38(5)6/h7-19,28,38H,20H2,1-6H3. The number of rotatable bonds is 9.